The van der Waals surface area contributed by atoms with Crippen molar-refractivity contribution in [2.45, 2.75) is 31.6 Å². The molecule has 2 unspecified atom stereocenters. The summed E-state index contributed by atoms with van der Waals surface area (Å²) in [6.45, 7) is 0.942. The first kappa shape index (κ1) is 14.3. The molecule has 1 N–H and O–H groups in total. The maximum atomic E-state index is 14.3. The SMILES string of the molecule is CNCC1CCCCC1c1ccc(Br)c(Cl)c1F. The van der Waals surface area contributed by atoms with Crippen molar-refractivity contribution in [3.05, 3.63) is 33.0 Å². The Bertz CT molecular complexity index is 423. The highest BCUT2D eigenvalue weighted by Gasteiger charge is 2.29. The third-order valence-corrected chi connectivity index (χ3v) is 5.10. The average Bonchev–Trinajstić information content (AvgIpc) is 2.38. The number of hydrogen-bond acceptors (Lipinski definition) is 1. The van der Waals surface area contributed by atoms with Crippen molar-refractivity contribution < 1.29 is 4.39 Å². The maximum absolute atomic E-state index is 14.3. The Balaban J connectivity index is 2.31. The van der Waals surface area contributed by atoms with Crippen molar-refractivity contribution >= 4 is 27.5 Å². The minimum absolute atomic E-state index is 0.210. The van der Waals surface area contributed by atoms with Gasteiger partial charge in [0.05, 0.1) is 5.02 Å². The molecule has 0 amide bonds. The maximum Gasteiger partial charge on any atom is 0.146 e. The van der Waals surface area contributed by atoms with Gasteiger partial charge < -0.3 is 5.32 Å². The summed E-state index contributed by atoms with van der Waals surface area (Å²) < 4.78 is 14.9. The van der Waals surface area contributed by atoms with Crippen LogP contribution in [0.25, 0.3) is 0 Å². The van der Waals surface area contributed by atoms with E-state index in [9.17, 15) is 4.39 Å². The third kappa shape index (κ3) is 2.89. The Morgan fingerprint density at radius 2 is 2.11 bits per heavy atom. The summed E-state index contributed by atoms with van der Waals surface area (Å²) in [4.78, 5) is 0. The molecule has 1 saturated carbocycles. The van der Waals surface area contributed by atoms with Crippen LogP contribution < -0.4 is 5.32 Å². The van der Waals surface area contributed by atoms with Gasteiger partial charge in [0, 0.05) is 4.47 Å². The van der Waals surface area contributed by atoms with Crippen LogP contribution in [0.5, 0.6) is 0 Å². The molecule has 4 heteroatoms. The van der Waals surface area contributed by atoms with Gasteiger partial charge in [0.25, 0.3) is 0 Å². The molecule has 100 valence electrons. The van der Waals surface area contributed by atoms with Crippen LogP contribution in [0, 0.1) is 11.7 Å². The number of hydrogen-bond donors (Lipinski definition) is 1. The minimum Gasteiger partial charge on any atom is -0.319 e. The molecule has 1 aliphatic rings. The molecule has 0 spiro atoms. The van der Waals surface area contributed by atoms with Crippen molar-refractivity contribution in [2.75, 3.05) is 13.6 Å². The first-order valence-corrected chi connectivity index (χ1v) is 7.60. The second-order valence-corrected chi connectivity index (χ2v) is 6.21. The van der Waals surface area contributed by atoms with E-state index >= 15 is 0 Å². The lowest BCUT2D eigenvalue weighted by Crippen LogP contribution is -2.28. The van der Waals surface area contributed by atoms with Crippen LogP contribution in [0.4, 0.5) is 4.39 Å². The van der Waals surface area contributed by atoms with E-state index in [2.05, 4.69) is 21.2 Å². The van der Waals surface area contributed by atoms with Crippen molar-refractivity contribution in [1.29, 1.82) is 0 Å². The number of benzene rings is 1. The first-order valence-electron chi connectivity index (χ1n) is 6.43. The fourth-order valence-corrected chi connectivity index (χ4v) is 3.43. The van der Waals surface area contributed by atoms with E-state index < -0.39 is 0 Å². The Hall–Kier alpha value is -0.120. The van der Waals surface area contributed by atoms with Crippen molar-refractivity contribution in [1.82, 2.24) is 5.32 Å². The first-order chi connectivity index (χ1) is 8.65. The minimum atomic E-state index is -0.251. The Kier molecular flexibility index (Phi) is 5.05. The monoisotopic (exact) mass is 333 g/mol. The topological polar surface area (TPSA) is 12.0 Å². The molecule has 1 aromatic carbocycles. The van der Waals surface area contributed by atoms with Gasteiger partial charge in [0.15, 0.2) is 0 Å². The smallest absolute Gasteiger partial charge is 0.146 e. The molecule has 1 nitrogen and oxygen atoms in total. The summed E-state index contributed by atoms with van der Waals surface area (Å²) in [5.41, 5.74) is 0.781. The average molecular weight is 335 g/mol. The van der Waals surface area contributed by atoms with Gasteiger partial charge in [0.1, 0.15) is 5.82 Å². The van der Waals surface area contributed by atoms with E-state index in [-0.39, 0.29) is 16.8 Å². The highest BCUT2D eigenvalue weighted by molar-refractivity contribution is 9.10. The van der Waals surface area contributed by atoms with Crippen LogP contribution in [0.15, 0.2) is 16.6 Å². The zero-order valence-corrected chi connectivity index (χ0v) is 12.8. The van der Waals surface area contributed by atoms with Gasteiger partial charge in [0.2, 0.25) is 0 Å². The van der Waals surface area contributed by atoms with Crippen LogP contribution in [0.3, 0.4) is 0 Å². The molecule has 0 heterocycles. The van der Waals surface area contributed by atoms with Crippen LogP contribution in [-0.4, -0.2) is 13.6 Å². The predicted molar refractivity (Wildman–Crippen MR) is 77.7 cm³/mol. The van der Waals surface area contributed by atoms with Gasteiger partial charge in [-0.1, -0.05) is 30.5 Å². The summed E-state index contributed by atoms with van der Waals surface area (Å²) in [6, 6.07) is 3.73. The molecule has 1 aliphatic carbocycles. The van der Waals surface area contributed by atoms with Crippen molar-refractivity contribution in [2.24, 2.45) is 5.92 Å². The normalized spacial score (nSPS) is 24.2. The van der Waals surface area contributed by atoms with Gasteiger partial charge >= 0.3 is 0 Å². The van der Waals surface area contributed by atoms with Crippen LogP contribution in [0.2, 0.25) is 5.02 Å². The predicted octanol–water partition coefficient (Wildman–Crippen LogP) is 4.73. The molecule has 0 radical (unpaired) electrons. The second kappa shape index (κ2) is 6.36. The number of halogens is 3. The highest BCUT2D eigenvalue weighted by Crippen LogP contribution is 2.41. The zero-order valence-electron chi connectivity index (χ0n) is 10.5. The molecule has 0 saturated heterocycles. The lowest BCUT2D eigenvalue weighted by atomic mass is 9.75. The van der Waals surface area contributed by atoms with Crippen LogP contribution in [0.1, 0.15) is 37.2 Å². The van der Waals surface area contributed by atoms with Gasteiger partial charge in [-0.2, -0.15) is 0 Å². The molecule has 1 aromatic rings. The molecule has 1 fully saturated rings. The van der Waals surface area contributed by atoms with Crippen LogP contribution >= 0.6 is 27.5 Å². The lowest BCUT2D eigenvalue weighted by molar-refractivity contribution is 0.295. The molecule has 2 rings (SSSR count). The van der Waals surface area contributed by atoms with E-state index in [0.29, 0.717) is 10.4 Å². The Morgan fingerprint density at radius 1 is 1.39 bits per heavy atom. The van der Waals surface area contributed by atoms with E-state index in [1.165, 1.54) is 19.3 Å². The lowest BCUT2D eigenvalue weighted by Gasteiger charge is -2.32. The molecule has 0 aromatic heterocycles. The molecule has 2 atom stereocenters. The quantitative estimate of drug-likeness (QED) is 0.788. The van der Waals surface area contributed by atoms with Gasteiger partial charge in [-0.25, -0.2) is 4.39 Å². The standard InChI is InChI=1S/C14H18BrClFN/c1-18-8-9-4-2-3-5-10(9)11-6-7-12(15)13(16)14(11)17/h6-7,9-10,18H,2-5,8H2,1H3. The summed E-state index contributed by atoms with van der Waals surface area (Å²) in [6.07, 6.45) is 4.65. The summed E-state index contributed by atoms with van der Waals surface area (Å²) in [5.74, 6) is 0.548. The van der Waals surface area contributed by atoms with Crippen molar-refractivity contribution in [3.63, 3.8) is 0 Å². The molecular weight excluding hydrogens is 317 g/mol. The fraction of sp³-hybridized carbons (Fsp3) is 0.571. The third-order valence-electron chi connectivity index (χ3n) is 3.84. The van der Waals surface area contributed by atoms with E-state index in [1.807, 2.05) is 19.2 Å². The second-order valence-electron chi connectivity index (χ2n) is 4.97. The molecule has 0 bridgehead atoms. The van der Waals surface area contributed by atoms with Crippen molar-refractivity contribution in [3.8, 4) is 0 Å². The summed E-state index contributed by atoms with van der Waals surface area (Å²) >= 11 is 9.26. The summed E-state index contributed by atoms with van der Waals surface area (Å²) in [5, 5.41) is 3.43. The molecular formula is C14H18BrClFN. The number of nitrogens with one attached hydrogen (secondary N) is 1. The highest BCUT2D eigenvalue weighted by atomic mass is 79.9. The molecule has 18 heavy (non-hydrogen) atoms. The van der Waals surface area contributed by atoms with E-state index in [1.54, 1.807) is 0 Å². The zero-order chi connectivity index (χ0) is 13.1. The van der Waals surface area contributed by atoms with Gasteiger partial charge in [-0.05, 0) is 65.8 Å². The van der Waals surface area contributed by atoms with Gasteiger partial charge in [-0.15, -0.1) is 0 Å². The number of rotatable bonds is 3. The Morgan fingerprint density at radius 3 is 2.83 bits per heavy atom. The van der Waals surface area contributed by atoms with E-state index in [0.717, 1.165) is 18.5 Å². The Labute approximate surface area is 121 Å². The summed E-state index contributed by atoms with van der Waals surface area (Å²) in [7, 11) is 1.95. The molecule has 0 aliphatic heterocycles. The largest absolute Gasteiger partial charge is 0.319 e. The van der Waals surface area contributed by atoms with Crippen LogP contribution in [-0.2, 0) is 0 Å². The van der Waals surface area contributed by atoms with E-state index in [4.69, 9.17) is 11.6 Å². The van der Waals surface area contributed by atoms with Gasteiger partial charge in [-0.3, -0.25) is 0 Å². The fourth-order valence-electron chi connectivity index (χ4n) is 2.95.